The van der Waals surface area contributed by atoms with Gasteiger partial charge in [0.25, 0.3) is 0 Å². The highest BCUT2D eigenvalue weighted by atomic mass is 16.3. The molecule has 0 amide bonds. The lowest BCUT2D eigenvalue weighted by atomic mass is 10.0. The highest BCUT2D eigenvalue weighted by Gasteiger charge is 2.14. The van der Waals surface area contributed by atoms with Gasteiger partial charge in [-0.25, -0.2) is 9.97 Å². The van der Waals surface area contributed by atoms with Crippen molar-refractivity contribution in [1.29, 1.82) is 0 Å². The molecule has 31 heavy (non-hydrogen) atoms. The number of nitrogens with zero attached hydrogens (tertiary/aromatic N) is 3. The molecule has 0 radical (unpaired) electrons. The number of benzene rings is 3. The van der Waals surface area contributed by atoms with Crippen LogP contribution in [0.5, 0.6) is 5.75 Å². The highest BCUT2D eigenvalue weighted by Crippen LogP contribution is 2.34. The topological polar surface area (TPSA) is 70.9 Å². The van der Waals surface area contributed by atoms with Gasteiger partial charge in [0.2, 0.25) is 0 Å². The van der Waals surface area contributed by atoms with E-state index < -0.39 is 0 Å². The SMILES string of the molecule is Oc1cccc(CNc2nc(-c3cccnc3)nc3cccc(-c4ccccc4)c23)c1. The maximum absolute atomic E-state index is 9.81. The lowest BCUT2D eigenvalue weighted by Gasteiger charge is -2.14. The van der Waals surface area contributed by atoms with Gasteiger partial charge < -0.3 is 10.4 Å². The first-order valence-electron chi connectivity index (χ1n) is 10.1. The van der Waals surface area contributed by atoms with Gasteiger partial charge in [0, 0.05) is 24.5 Å². The van der Waals surface area contributed by atoms with E-state index in [2.05, 4.69) is 28.5 Å². The van der Waals surface area contributed by atoms with Crippen molar-refractivity contribution < 1.29 is 5.11 Å². The second-order valence-electron chi connectivity index (χ2n) is 7.23. The minimum Gasteiger partial charge on any atom is -0.508 e. The molecule has 5 nitrogen and oxygen atoms in total. The third-order valence-corrected chi connectivity index (χ3v) is 5.10. The molecule has 0 spiro atoms. The summed E-state index contributed by atoms with van der Waals surface area (Å²) in [5.74, 6) is 1.60. The fraction of sp³-hybridized carbons (Fsp3) is 0.0385. The van der Waals surface area contributed by atoms with Crippen LogP contribution < -0.4 is 5.32 Å². The van der Waals surface area contributed by atoms with E-state index in [0.29, 0.717) is 12.4 Å². The molecule has 5 heteroatoms. The Balaban J connectivity index is 1.67. The number of aromatic hydroxyl groups is 1. The zero-order valence-corrected chi connectivity index (χ0v) is 16.7. The number of phenols is 1. The van der Waals surface area contributed by atoms with E-state index in [1.54, 1.807) is 24.5 Å². The Kier molecular flexibility index (Phi) is 4.99. The largest absolute Gasteiger partial charge is 0.508 e. The monoisotopic (exact) mass is 404 g/mol. The summed E-state index contributed by atoms with van der Waals surface area (Å²) in [6, 6.07) is 27.4. The van der Waals surface area contributed by atoms with Gasteiger partial charge in [-0.2, -0.15) is 0 Å². The smallest absolute Gasteiger partial charge is 0.163 e. The van der Waals surface area contributed by atoms with Gasteiger partial charge in [0.1, 0.15) is 11.6 Å². The summed E-state index contributed by atoms with van der Waals surface area (Å²) in [4.78, 5) is 13.9. The van der Waals surface area contributed by atoms with Crippen LogP contribution in [0.4, 0.5) is 5.82 Å². The van der Waals surface area contributed by atoms with Crippen molar-refractivity contribution in [3.63, 3.8) is 0 Å². The first kappa shape index (κ1) is 18.8. The number of pyridine rings is 1. The molecule has 2 aromatic heterocycles. The summed E-state index contributed by atoms with van der Waals surface area (Å²) >= 11 is 0. The first-order valence-corrected chi connectivity index (χ1v) is 10.1. The number of fused-ring (bicyclic) bond motifs is 1. The van der Waals surface area contributed by atoms with Crippen molar-refractivity contribution in [2.45, 2.75) is 6.54 Å². The number of hydrogen-bond acceptors (Lipinski definition) is 5. The molecule has 0 atom stereocenters. The molecule has 0 saturated carbocycles. The van der Waals surface area contributed by atoms with E-state index >= 15 is 0 Å². The molecule has 0 aliphatic heterocycles. The number of nitrogens with one attached hydrogen (secondary N) is 1. The molecule has 0 aliphatic carbocycles. The van der Waals surface area contributed by atoms with E-state index in [4.69, 9.17) is 9.97 Å². The van der Waals surface area contributed by atoms with E-state index in [1.807, 2.05) is 54.6 Å². The van der Waals surface area contributed by atoms with Crippen molar-refractivity contribution in [3.05, 3.63) is 103 Å². The Hall–Kier alpha value is -4.25. The average Bonchev–Trinajstić information content (AvgIpc) is 2.83. The number of anilines is 1. The summed E-state index contributed by atoms with van der Waals surface area (Å²) in [5.41, 5.74) is 4.84. The fourth-order valence-corrected chi connectivity index (χ4v) is 3.65. The lowest BCUT2D eigenvalue weighted by Crippen LogP contribution is -2.05. The second-order valence-corrected chi connectivity index (χ2v) is 7.23. The summed E-state index contributed by atoms with van der Waals surface area (Å²) in [6.07, 6.45) is 3.50. The van der Waals surface area contributed by atoms with E-state index in [9.17, 15) is 5.11 Å². The zero-order valence-electron chi connectivity index (χ0n) is 16.7. The van der Waals surface area contributed by atoms with Crippen molar-refractivity contribution in [2.24, 2.45) is 0 Å². The third-order valence-electron chi connectivity index (χ3n) is 5.10. The summed E-state index contributed by atoms with van der Waals surface area (Å²) in [7, 11) is 0. The third kappa shape index (κ3) is 3.94. The van der Waals surface area contributed by atoms with Gasteiger partial charge in [0.05, 0.1) is 10.9 Å². The van der Waals surface area contributed by atoms with Crippen LogP contribution in [0, 0.1) is 0 Å². The molecule has 0 unspecified atom stereocenters. The molecule has 0 saturated heterocycles. The predicted molar refractivity (Wildman–Crippen MR) is 124 cm³/mol. The minimum absolute atomic E-state index is 0.243. The molecule has 5 rings (SSSR count). The van der Waals surface area contributed by atoms with E-state index in [-0.39, 0.29) is 5.75 Å². The number of phenolic OH excluding ortho intramolecular Hbond substituents is 1. The first-order chi connectivity index (χ1) is 15.3. The quantitative estimate of drug-likeness (QED) is 0.395. The molecule has 0 fully saturated rings. The summed E-state index contributed by atoms with van der Waals surface area (Å²) < 4.78 is 0. The number of aromatic nitrogens is 3. The van der Waals surface area contributed by atoms with Crippen LogP contribution in [0.2, 0.25) is 0 Å². The van der Waals surface area contributed by atoms with Crippen molar-refractivity contribution in [3.8, 4) is 28.3 Å². The number of hydrogen-bond donors (Lipinski definition) is 2. The zero-order chi connectivity index (χ0) is 21.0. The molecule has 5 aromatic rings. The average molecular weight is 404 g/mol. The second kappa shape index (κ2) is 8.24. The maximum Gasteiger partial charge on any atom is 0.163 e. The fourth-order valence-electron chi connectivity index (χ4n) is 3.65. The van der Waals surface area contributed by atoms with Crippen molar-refractivity contribution in [2.75, 3.05) is 5.32 Å². The Morgan fingerprint density at radius 2 is 1.61 bits per heavy atom. The maximum atomic E-state index is 9.81. The van der Waals surface area contributed by atoms with Crippen LogP contribution in [0.1, 0.15) is 5.56 Å². The van der Waals surface area contributed by atoms with Gasteiger partial charge in [-0.3, -0.25) is 4.98 Å². The molecule has 3 aromatic carbocycles. The molecule has 0 aliphatic rings. The molecule has 2 N–H and O–H groups in total. The Bertz CT molecular complexity index is 1340. The minimum atomic E-state index is 0.243. The van der Waals surface area contributed by atoms with Gasteiger partial charge >= 0.3 is 0 Å². The summed E-state index contributed by atoms with van der Waals surface area (Å²) in [5, 5.41) is 14.2. The summed E-state index contributed by atoms with van der Waals surface area (Å²) in [6.45, 7) is 0.524. The van der Waals surface area contributed by atoms with Gasteiger partial charge in [0.15, 0.2) is 5.82 Å². The molecular formula is C26H20N4O. The van der Waals surface area contributed by atoms with Crippen LogP contribution in [0.25, 0.3) is 33.4 Å². The van der Waals surface area contributed by atoms with Crippen LogP contribution in [-0.4, -0.2) is 20.1 Å². The van der Waals surface area contributed by atoms with Crippen LogP contribution in [0.3, 0.4) is 0 Å². The normalized spacial score (nSPS) is 10.8. The van der Waals surface area contributed by atoms with Crippen LogP contribution >= 0.6 is 0 Å². The molecule has 0 bridgehead atoms. The molecule has 2 heterocycles. The van der Waals surface area contributed by atoms with Gasteiger partial charge in [-0.1, -0.05) is 54.6 Å². The highest BCUT2D eigenvalue weighted by molar-refractivity contribution is 6.02. The number of rotatable bonds is 5. The molecular weight excluding hydrogens is 384 g/mol. The predicted octanol–water partition coefficient (Wildman–Crippen LogP) is 5.68. The molecule has 150 valence electrons. The van der Waals surface area contributed by atoms with Gasteiger partial charge in [-0.05, 0) is 47.0 Å². The van der Waals surface area contributed by atoms with Crippen molar-refractivity contribution >= 4 is 16.7 Å². The van der Waals surface area contributed by atoms with Crippen LogP contribution in [0.15, 0.2) is 97.3 Å². The van der Waals surface area contributed by atoms with E-state index in [0.717, 1.165) is 39.0 Å². The standard InChI is InChI=1S/C26H20N4O/c31-21-11-4-7-18(15-21)16-28-26-24-22(19-8-2-1-3-9-19)12-5-13-23(24)29-25(30-26)20-10-6-14-27-17-20/h1-15,17,31H,16H2,(H,28,29,30). The Labute approximate surface area is 180 Å². The van der Waals surface area contributed by atoms with Crippen LogP contribution in [-0.2, 0) is 6.54 Å². The van der Waals surface area contributed by atoms with Crippen molar-refractivity contribution in [1.82, 2.24) is 15.0 Å². The Morgan fingerprint density at radius 1 is 0.774 bits per heavy atom. The van der Waals surface area contributed by atoms with Gasteiger partial charge in [-0.15, -0.1) is 0 Å². The van der Waals surface area contributed by atoms with E-state index in [1.165, 1.54) is 0 Å². The Morgan fingerprint density at radius 3 is 2.42 bits per heavy atom. The lowest BCUT2D eigenvalue weighted by molar-refractivity contribution is 0.474.